The van der Waals surface area contributed by atoms with Crippen LogP contribution in [0.5, 0.6) is 0 Å². The van der Waals surface area contributed by atoms with E-state index < -0.39 is 49.1 Å². The van der Waals surface area contributed by atoms with Crippen LogP contribution in [-0.4, -0.2) is 106 Å². The molecule has 0 radical (unpaired) electrons. The molecule has 1 fully saturated rings. The number of rotatable bonds is 12. The smallest absolute Gasteiger partial charge is 0.346 e. The normalized spacial score (nSPS) is 15.9. The van der Waals surface area contributed by atoms with Crippen molar-refractivity contribution in [2.24, 2.45) is 7.05 Å². The molecule has 0 aliphatic carbocycles. The van der Waals surface area contributed by atoms with Gasteiger partial charge in [-0.3, -0.25) is 14.7 Å². The molecule has 2 aromatic carbocycles. The molecule has 0 unspecified atom stereocenters. The van der Waals surface area contributed by atoms with E-state index in [0.29, 0.717) is 61.7 Å². The summed E-state index contributed by atoms with van der Waals surface area (Å²) in [5, 5.41) is 18.8. The zero-order valence-electron chi connectivity index (χ0n) is 39.7. The van der Waals surface area contributed by atoms with E-state index in [0.717, 1.165) is 61.0 Å². The molecule has 3 aliphatic heterocycles. The summed E-state index contributed by atoms with van der Waals surface area (Å²) in [5.41, 5.74) is 8.59. The van der Waals surface area contributed by atoms with Gasteiger partial charge in [0.05, 0.1) is 54.4 Å². The highest BCUT2D eigenvalue weighted by atomic mass is 19.4. The van der Waals surface area contributed by atoms with Crippen molar-refractivity contribution in [2.45, 2.75) is 50.9 Å². The van der Waals surface area contributed by atoms with Crippen LogP contribution in [0.4, 0.5) is 56.9 Å². The van der Waals surface area contributed by atoms with Crippen LogP contribution in [0, 0.1) is 0 Å². The molecule has 18 nitrogen and oxygen atoms in total. The highest BCUT2D eigenvalue weighted by molar-refractivity contribution is 5.97. The molecule has 3 aliphatic rings. The van der Waals surface area contributed by atoms with Crippen molar-refractivity contribution in [3.8, 4) is 27.9 Å². The van der Waals surface area contributed by atoms with Gasteiger partial charge in [-0.2, -0.15) is 33.3 Å². The molecule has 6 N–H and O–H groups in total. The van der Waals surface area contributed by atoms with Crippen molar-refractivity contribution in [2.75, 3.05) is 53.2 Å². The van der Waals surface area contributed by atoms with Crippen LogP contribution < -0.4 is 30.4 Å². The lowest BCUT2D eigenvalue weighted by Crippen LogP contribution is -2.58. The summed E-state index contributed by atoms with van der Waals surface area (Å²) in [6.07, 6.45) is 7.11. The number of anilines is 6. The summed E-state index contributed by atoms with van der Waals surface area (Å²) in [6, 6.07) is 20.7. The predicted molar refractivity (Wildman–Crippen MR) is 260 cm³/mol. The minimum absolute atomic E-state index is 0.148. The van der Waals surface area contributed by atoms with Crippen LogP contribution in [0.1, 0.15) is 57.3 Å². The van der Waals surface area contributed by atoms with Crippen molar-refractivity contribution < 1.29 is 36.2 Å². The van der Waals surface area contributed by atoms with Gasteiger partial charge in [-0.05, 0) is 85.8 Å². The van der Waals surface area contributed by atoms with Gasteiger partial charge in [0.2, 0.25) is 18.1 Å². The van der Waals surface area contributed by atoms with Crippen molar-refractivity contribution in [3.05, 3.63) is 138 Å². The van der Waals surface area contributed by atoms with Gasteiger partial charge in [0.25, 0.3) is 23.4 Å². The number of fused-ring (bicyclic) bond motifs is 2. The number of aromatic amines is 3. The summed E-state index contributed by atoms with van der Waals surface area (Å²) in [7, 11) is 1.65. The van der Waals surface area contributed by atoms with Gasteiger partial charge in [-0.15, -0.1) is 0 Å². The second-order valence-corrected chi connectivity index (χ2v) is 18.8. The first kappa shape index (κ1) is 46.7. The van der Waals surface area contributed by atoms with Gasteiger partial charge >= 0.3 is 6.18 Å². The number of carbonyl (C=O) groups excluding carboxylic acids is 2. The molecule has 23 heteroatoms. The standard InChI is InChI=1S/C50H47F5N16O2/c1-48(2)43-36(15-19-70(48)47-57-17-13-40(65-47)63-34-8-4-29(5-9-34)32-21-59-60-22-32)42(41(66-43)45(73)69-27-49(51,52)28-69)71-24-33(23-61-71)30-6-10-35(11-7-30)62-39-12-16-56-46(64-39)68-18-14-31-20-37(67(3)38(31)25-68)44(72)58-26-50(53,54)55/h4-13,16-17,20-24H,14-15,18-19,25-28H2,1-3H3,(H5,56,57,58,59,60,62,63,64,65,66,72,73)/p+1. The molecule has 1 saturated heterocycles. The van der Waals surface area contributed by atoms with Crippen LogP contribution in [-0.2, 0) is 32.0 Å². The molecular weight excluding hydrogens is 952 g/mol. The first-order valence-electron chi connectivity index (χ1n) is 23.4. The van der Waals surface area contributed by atoms with Crippen LogP contribution in [0.15, 0.2) is 104 Å². The Balaban J connectivity index is 0.805. The monoisotopic (exact) mass is 999 g/mol. The fourth-order valence-corrected chi connectivity index (χ4v) is 9.78. The molecule has 73 heavy (non-hydrogen) atoms. The molecule has 2 amide bonds. The Bertz CT molecular complexity index is 3350. The van der Waals surface area contributed by atoms with E-state index in [1.54, 1.807) is 53.1 Å². The summed E-state index contributed by atoms with van der Waals surface area (Å²) in [5.74, 6) is -2.25. The third-order valence-electron chi connectivity index (χ3n) is 13.6. The minimum Gasteiger partial charge on any atom is -0.346 e. The second kappa shape index (κ2) is 17.9. The van der Waals surface area contributed by atoms with Crippen molar-refractivity contribution in [1.29, 1.82) is 0 Å². The number of amides is 2. The Morgan fingerprint density at radius 3 is 2.12 bits per heavy atom. The van der Waals surface area contributed by atoms with Crippen LogP contribution >= 0.6 is 0 Å². The van der Waals surface area contributed by atoms with Crippen molar-refractivity contribution >= 4 is 46.7 Å². The first-order chi connectivity index (χ1) is 35.0. The Kier molecular flexibility index (Phi) is 11.5. The lowest BCUT2D eigenvalue weighted by Gasteiger charge is -2.42. The summed E-state index contributed by atoms with van der Waals surface area (Å²) < 4.78 is 70.1. The third kappa shape index (κ3) is 9.17. The maximum Gasteiger partial charge on any atom is 0.405 e. The number of hydrogen-bond donors (Lipinski definition) is 6. The SMILES string of the molecule is Cn1c(C(=O)NCC(F)(F)F)cc2c1CN(c1nccc(Nc3ccc(-c4c[nH][n+](-c5c(C(=O)N6CC(F)(F)C6)[nH]c6c5CCN(c5nccc(Nc7ccc(-c8cn[nH]c8)cc7)n5)C6(C)C)c4)cc3)n1)CC2. The van der Waals surface area contributed by atoms with E-state index in [-0.39, 0.29) is 11.4 Å². The average Bonchev–Trinajstić information content (AvgIpc) is 4.20. The largest absolute Gasteiger partial charge is 0.405 e. The number of halogens is 5. The van der Waals surface area contributed by atoms with E-state index in [2.05, 4.69) is 45.8 Å². The fraction of sp³-hybridized carbons (Fsp3) is 0.280. The number of nitrogens with zero attached hydrogens (tertiary/aromatic N) is 10. The van der Waals surface area contributed by atoms with Gasteiger partial charge in [-0.25, -0.2) is 18.7 Å². The highest BCUT2D eigenvalue weighted by Gasteiger charge is 2.50. The van der Waals surface area contributed by atoms with E-state index in [9.17, 15) is 31.5 Å². The van der Waals surface area contributed by atoms with Crippen molar-refractivity contribution in [3.63, 3.8) is 0 Å². The minimum atomic E-state index is -4.52. The number of benzene rings is 2. The number of alkyl halides is 5. The summed E-state index contributed by atoms with van der Waals surface area (Å²) >= 11 is 0. The second-order valence-electron chi connectivity index (χ2n) is 18.8. The van der Waals surface area contributed by atoms with Gasteiger partial charge < -0.3 is 40.2 Å². The van der Waals surface area contributed by atoms with E-state index in [4.69, 9.17) is 9.97 Å². The molecule has 6 aromatic heterocycles. The average molecular weight is 1000 g/mol. The molecule has 9 heterocycles. The lowest BCUT2D eigenvalue weighted by atomic mass is 9.88. The van der Waals surface area contributed by atoms with E-state index in [1.165, 1.54) is 0 Å². The molecular formula is C50H48F5N16O2+. The number of likely N-dealkylation sites (tertiary alicyclic amines) is 1. The summed E-state index contributed by atoms with van der Waals surface area (Å²) in [4.78, 5) is 54.1. The van der Waals surface area contributed by atoms with Crippen molar-refractivity contribution in [1.82, 2.24) is 55.0 Å². The Hall–Kier alpha value is -8.63. The van der Waals surface area contributed by atoms with Crippen LogP contribution in [0.2, 0.25) is 0 Å². The molecule has 374 valence electrons. The Labute approximate surface area is 413 Å². The molecule has 8 aromatic rings. The zero-order chi connectivity index (χ0) is 50.8. The number of H-pyrrole nitrogens is 3. The van der Waals surface area contributed by atoms with E-state index in [1.807, 2.05) is 91.2 Å². The topological polar surface area (TPSA) is 201 Å². The maximum absolute atomic E-state index is 14.2. The number of carbonyl (C=O) groups is 2. The lowest BCUT2D eigenvalue weighted by molar-refractivity contribution is -0.655. The number of hydrogen-bond acceptors (Lipinski definition) is 11. The third-order valence-corrected chi connectivity index (χ3v) is 13.6. The van der Waals surface area contributed by atoms with Gasteiger partial charge in [0.15, 0.2) is 5.69 Å². The molecule has 0 spiro atoms. The van der Waals surface area contributed by atoms with Gasteiger partial charge in [0.1, 0.15) is 23.9 Å². The first-order valence-corrected chi connectivity index (χ1v) is 23.4. The van der Waals surface area contributed by atoms with E-state index >= 15 is 0 Å². The predicted octanol–water partition coefficient (Wildman–Crippen LogP) is 7.33. The summed E-state index contributed by atoms with van der Waals surface area (Å²) in [6.45, 7) is 2.65. The molecule has 0 bridgehead atoms. The quantitative estimate of drug-likeness (QED) is 0.0529. The Morgan fingerprint density at radius 1 is 0.822 bits per heavy atom. The highest BCUT2D eigenvalue weighted by Crippen LogP contribution is 2.41. The number of nitrogens with one attached hydrogen (secondary N) is 6. The fourth-order valence-electron chi connectivity index (χ4n) is 9.78. The molecule has 11 rings (SSSR count). The van der Waals surface area contributed by atoms with Crippen LogP contribution in [0.25, 0.3) is 27.9 Å². The Morgan fingerprint density at radius 2 is 1.48 bits per heavy atom. The molecule has 0 saturated carbocycles. The maximum atomic E-state index is 14.2. The van der Waals surface area contributed by atoms with Gasteiger partial charge in [-0.1, -0.05) is 28.9 Å². The zero-order valence-corrected chi connectivity index (χ0v) is 39.7. The number of aromatic nitrogens is 10. The molecule has 0 atom stereocenters. The van der Waals surface area contributed by atoms with Crippen LogP contribution in [0.3, 0.4) is 0 Å². The van der Waals surface area contributed by atoms with Gasteiger partial charge in [0, 0.05) is 61.4 Å².